The van der Waals surface area contributed by atoms with Crippen LogP contribution in [-0.4, -0.2) is 24.3 Å². The Bertz CT molecular complexity index is 572. The number of aliphatic hydroxyl groups excluding tert-OH is 1. The summed E-state index contributed by atoms with van der Waals surface area (Å²) < 4.78 is 5.27. The van der Waals surface area contributed by atoms with E-state index in [9.17, 15) is 4.79 Å². The van der Waals surface area contributed by atoms with E-state index < -0.39 is 0 Å². The fraction of sp³-hybridized carbons (Fsp3) is 0.389. The molecule has 0 heterocycles. The van der Waals surface area contributed by atoms with E-state index in [2.05, 4.69) is 0 Å². The zero-order chi connectivity index (χ0) is 14.9. The Balaban J connectivity index is 1.82. The molecule has 112 valence electrons. The minimum Gasteiger partial charge on any atom is -0.465 e. The van der Waals surface area contributed by atoms with Crippen molar-refractivity contribution in [3.05, 3.63) is 48.0 Å². The molecule has 21 heavy (non-hydrogen) atoms. The Hall–Kier alpha value is -1.87. The first kappa shape index (κ1) is 15.5. The van der Waals surface area contributed by atoms with Crippen LogP contribution in [-0.2, 0) is 16.0 Å². The summed E-state index contributed by atoms with van der Waals surface area (Å²) in [4.78, 5) is 11.9. The fourth-order valence-corrected chi connectivity index (χ4v) is 2.41. The van der Waals surface area contributed by atoms with Crippen molar-refractivity contribution >= 4 is 16.7 Å². The lowest BCUT2D eigenvalue weighted by Crippen LogP contribution is -2.09. The van der Waals surface area contributed by atoms with Crippen molar-refractivity contribution in [2.75, 3.05) is 13.2 Å². The molecule has 3 heteroatoms. The van der Waals surface area contributed by atoms with Gasteiger partial charge in [0.15, 0.2) is 0 Å². The van der Waals surface area contributed by atoms with Crippen LogP contribution in [0.15, 0.2) is 42.5 Å². The third-order valence-corrected chi connectivity index (χ3v) is 3.53. The second-order valence-electron chi connectivity index (χ2n) is 5.17. The highest BCUT2D eigenvalue weighted by molar-refractivity contribution is 5.88. The van der Waals surface area contributed by atoms with Crippen molar-refractivity contribution in [1.29, 1.82) is 0 Å². The second-order valence-corrected chi connectivity index (χ2v) is 5.17. The minimum atomic E-state index is -0.173. The van der Waals surface area contributed by atoms with Crippen LogP contribution in [0.2, 0.25) is 0 Å². The second kappa shape index (κ2) is 8.42. The van der Waals surface area contributed by atoms with Crippen LogP contribution in [0.4, 0.5) is 0 Å². The molecule has 0 bridgehead atoms. The summed E-state index contributed by atoms with van der Waals surface area (Å²) in [5.41, 5.74) is 1.01. The predicted molar refractivity (Wildman–Crippen MR) is 84.2 cm³/mol. The Labute approximate surface area is 125 Å². The number of aliphatic hydroxyl groups is 1. The van der Waals surface area contributed by atoms with Gasteiger partial charge in [-0.3, -0.25) is 4.79 Å². The van der Waals surface area contributed by atoms with Crippen molar-refractivity contribution in [2.45, 2.75) is 32.1 Å². The smallest absolute Gasteiger partial charge is 0.310 e. The van der Waals surface area contributed by atoms with Gasteiger partial charge in [-0.25, -0.2) is 0 Å². The molecule has 3 nitrogen and oxygen atoms in total. The number of rotatable bonds is 8. The molecule has 0 radical (unpaired) electrons. The number of ether oxygens (including phenoxy) is 1. The zero-order valence-electron chi connectivity index (χ0n) is 12.3. The van der Waals surface area contributed by atoms with Crippen molar-refractivity contribution in [3.63, 3.8) is 0 Å². The molecule has 0 fully saturated rings. The maximum Gasteiger partial charge on any atom is 0.310 e. The van der Waals surface area contributed by atoms with Crippen LogP contribution < -0.4 is 0 Å². The van der Waals surface area contributed by atoms with E-state index in [0.717, 1.165) is 42.0 Å². The van der Waals surface area contributed by atoms with Gasteiger partial charge in [-0.1, -0.05) is 48.9 Å². The fourth-order valence-electron chi connectivity index (χ4n) is 2.41. The van der Waals surface area contributed by atoms with Crippen molar-refractivity contribution < 1.29 is 14.6 Å². The molecule has 0 aliphatic heterocycles. The number of esters is 1. The van der Waals surface area contributed by atoms with Gasteiger partial charge in [-0.05, 0) is 35.6 Å². The van der Waals surface area contributed by atoms with E-state index in [1.54, 1.807) is 0 Å². The average molecular weight is 286 g/mol. The van der Waals surface area contributed by atoms with Gasteiger partial charge in [0.2, 0.25) is 0 Å². The van der Waals surface area contributed by atoms with Crippen molar-refractivity contribution in [3.8, 4) is 0 Å². The molecule has 2 aromatic rings. The van der Waals surface area contributed by atoms with Gasteiger partial charge in [0.1, 0.15) is 0 Å². The van der Waals surface area contributed by atoms with E-state index in [4.69, 9.17) is 9.84 Å². The first-order valence-electron chi connectivity index (χ1n) is 7.54. The minimum absolute atomic E-state index is 0.173. The lowest BCUT2D eigenvalue weighted by atomic mass is 10.0. The molecule has 0 saturated carbocycles. The molecular formula is C18H22O3. The van der Waals surface area contributed by atoms with Gasteiger partial charge < -0.3 is 9.84 Å². The van der Waals surface area contributed by atoms with Crippen LogP contribution >= 0.6 is 0 Å². The number of hydrogen-bond donors (Lipinski definition) is 1. The van der Waals surface area contributed by atoms with Crippen LogP contribution in [0, 0.1) is 0 Å². The molecule has 0 aliphatic carbocycles. The average Bonchev–Trinajstić information content (AvgIpc) is 2.51. The highest BCUT2D eigenvalue weighted by Gasteiger charge is 2.07. The summed E-state index contributed by atoms with van der Waals surface area (Å²) in [7, 11) is 0. The maximum atomic E-state index is 11.9. The van der Waals surface area contributed by atoms with Crippen LogP contribution in [0.25, 0.3) is 10.8 Å². The largest absolute Gasteiger partial charge is 0.465 e. The van der Waals surface area contributed by atoms with Gasteiger partial charge >= 0.3 is 5.97 Å². The van der Waals surface area contributed by atoms with Gasteiger partial charge in [-0.15, -0.1) is 0 Å². The number of benzene rings is 2. The molecule has 0 atom stereocenters. The number of fused-ring (bicyclic) bond motifs is 1. The standard InChI is InChI=1S/C18H22O3/c19-12-5-1-2-6-13-21-18(20)14-16-10-7-9-15-8-3-4-11-17(15)16/h3-4,7-11,19H,1-2,5-6,12-14H2. The lowest BCUT2D eigenvalue weighted by Gasteiger charge is -2.07. The Morgan fingerprint density at radius 3 is 2.57 bits per heavy atom. The molecule has 2 rings (SSSR count). The predicted octanol–water partition coefficient (Wildman–Crippen LogP) is 3.48. The van der Waals surface area contributed by atoms with Gasteiger partial charge in [0.05, 0.1) is 13.0 Å². The van der Waals surface area contributed by atoms with Gasteiger partial charge in [0, 0.05) is 6.61 Å². The van der Waals surface area contributed by atoms with E-state index in [-0.39, 0.29) is 12.6 Å². The molecule has 0 spiro atoms. The van der Waals surface area contributed by atoms with Gasteiger partial charge in [-0.2, -0.15) is 0 Å². The number of carbonyl (C=O) groups excluding carboxylic acids is 1. The number of unbranched alkanes of at least 4 members (excludes halogenated alkanes) is 3. The Morgan fingerprint density at radius 2 is 1.71 bits per heavy atom. The SMILES string of the molecule is O=C(Cc1cccc2ccccc12)OCCCCCCO. The third-order valence-electron chi connectivity index (χ3n) is 3.53. The van der Waals surface area contributed by atoms with Gasteiger partial charge in [0.25, 0.3) is 0 Å². The summed E-state index contributed by atoms with van der Waals surface area (Å²) in [6, 6.07) is 14.1. The highest BCUT2D eigenvalue weighted by atomic mass is 16.5. The highest BCUT2D eigenvalue weighted by Crippen LogP contribution is 2.19. The molecule has 0 saturated heterocycles. The molecule has 2 aromatic carbocycles. The Morgan fingerprint density at radius 1 is 0.952 bits per heavy atom. The van der Waals surface area contributed by atoms with Crippen LogP contribution in [0.5, 0.6) is 0 Å². The third kappa shape index (κ3) is 4.87. The topological polar surface area (TPSA) is 46.5 Å². The molecule has 1 N–H and O–H groups in total. The molecule has 0 unspecified atom stereocenters. The molecule has 0 aromatic heterocycles. The monoisotopic (exact) mass is 286 g/mol. The molecule has 0 aliphatic rings. The summed E-state index contributed by atoms with van der Waals surface area (Å²) in [6.45, 7) is 0.704. The first-order valence-corrected chi connectivity index (χ1v) is 7.54. The summed E-state index contributed by atoms with van der Waals surface area (Å²) in [5, 5.41) is 10.9. The molecule has 0 amide bonds. The van der Waals surface area contributed by atoms with Crippen molar-refractivity contribution in [1.82, 2.24) is 0 Å². The van der Waals surface area contributed by atoms with E-state index in [1.807, 2.05) is 42.5 Å². The van der Waals surface area contributed by atoms with Crippen molar-refractivity contribution in [2.24, 2.45) is 0 Å². The van der Waals surface area contributed by atoms with E-state index in [1.165, 1.54) is 0 Å². The quantitative estimate of drug-likeness (QED) is 0.597. The lowest BCUT2D eigenvalue weighted by molar-refractivity contribution is -0.142. The zero-order valence-corrected chi connectivity index (χ0v) is 12.3. The number of hydrogen-bond acceptors (Lipinski definition) is 3. The first-order chi connectivity index (χ1) is 10.3. The van der Waals surface area contributed by atoms with Crippen LogP contribution in [0.1, 0.15) is 31.2 Å². The molecular weight excluding hydrogens is 264 g/mol. The van der Waals surface area contributed by atoms with E-state index in [0.29, 0.717) is 13.0 Å². The Kier molecular flexibility index (Phi) is 6.22. The summed E-state index contributed by atoms with van der Waals surface area (Å²) in [5.74, 6) is -0.173. The summed E-state index contributed by atoms with van der Waals surface area (Å²) in [6.07, 6.45) is 3.97. The van der Waals surface area contributed by atoms with Crippen LogP contribution in [0.3, 0.4) is 0 Å². The number of carbonyl (C=O) groups is 1. The van der Waals surface area contributed by atoms with E-state index >= 15 is 0 Å². The normalized spacial score (nSPS) is 10.7. The maximum absolute atomic E-state index is 11.9. The summed E-state index contributed by atoms with van der Waals surface area (Å²) >= 11 is 0.